The van der Waals surface area contributed by atoms with E-state index in [1.54, 1.807) is 6.92 Å². The smallest absolute Gasteiger partial charge is 0.265 e. The number of nitrogens with zero attached hydrogens (tertiary/aromatic N) is 1. The van der Waals surface area contributed by atoms with Gasteiger partial charge in [0, 0.05) is 24.5 Å². The van der Waals surface area contributed by atoms with E-state index in [0.29, 0.717) is 5.75 Å². The van der Waals surface area contributed by atoms with Gasteiger partial charge in [0.15, 0.2) is 6.10 Å². The Morgan fingerprint density at radius 2 is 1.60 bits per heavy atom. The fourth-order valence-electron chi connectivity index (χ4n) is 2.65. The molecule has 0 spiro atoms. The molecule has 0 saturated carbocycles. The van der Waals surface area contributed by atoms with Crippen molar-refractivity contribution in [3.05, 3.63) is 54.1 Å². The van der Waals surface area contributed by atoms with Crippen LogP contribution in [0.4, 0.5) is 11.4 Å². The Kier molecular flexibility index (Phi) is 6.87. The highest BCUT2D eigenvalue weighted by molar-refractivity contribution is 5.94. The van der Waals surface area contributed by atoms with Crippen molar-refractivity contribution in [1.82, 2.24) is 0 Å². The lowest BCUT2D eigenvalue weighted by atomic mass is 10.2. The zero-order chi connectivity index (χ0) is 18.2. The van der Waals surface area contributed by atoms with Crippen molar-refractivity contribution >= 4 is 17.3 Å². The Balaban J connectivity index is 1.93. The molecule has 0 radical (unpaired) electrons. The molecule has 4 nitrogen and oxygen atoms in total. The summed E-state index contributed by atoms with van der Waals surface area (Å²) in [6.45, 7) is 10.1. The number of anilines is 2. The van der Waals surface area contributed by atoms with Crippen molar-refractivity contribution in [1.29, 1.82) is 0 Å². The van der Waals surface area contributed by atoms with Gasteiger partial charge >= 0.3 is 0 Å². The largest absolute Gasteiger partial charge is 0.481 e. The van der Waals surface area contributed by atoms with E-state index < -0.39 is 6.10 Å². The summed E-state index contributed by atoms with van der Waals surface area (Å²) in [5.41, 5.74) is 3.18. The van der Waals surface area contributed by atoms with Crippen LogP contribution in [-0.4, -0.2) is 25.1 Å². The lowest BCUT2D eigenvalue weighted by Crippen LogP contribution is -2.30. The van der Waals surface area contributed by atoms with Crippen molar-refractivity contribution in [2.75, 3.05) is 23.3 Å². The van der Waals surface area contributed by atoms with Gasteiger partial charge in [-0.1, -0.05) is 19.1 Å². The fraction of sp³-hybridized carbons (Fsp3) is 0.381. The third kappa shape index (κ3) is 5.24. The molecule has 25 heavy (non-hydrogen) atoms. The standard InChI is InChI=1S/C21H28N2O2/c1-5-17-8-14-20(15-9-17)25-16(4)21(24)22-18-10-12-19(13-11-18)23(6-2)7-3/h8-16H,5-7H2,1-4H3,(H,22,24)/t16-/m1/s1. The van der Waals surface area contributed by atoms with Gasteiger partial charge in [-0.25, -0.2) is 0 Å². The molecule has 134 valence electrons. The van der Waals surface area contributed by atoms with E-state index in [9.17, 15) is 4.79 Å². The van der Waals surface area contributed by atoms with Crippen LogP contribution in [-0.2, 0) is 11.2 Å². The van der Waals surface area contributed by atoms with Gasteiger partial charge in [-0.15, -0.1) is 0 Å². The van der Waals surface area contributed by atoms with Crippen LogP contribution in [0.5, 0.6) is 5.75 Å². The molecule has 0 aliphatic heterocycles. The molecule has 0 saturated heterocycles. The number of rotatable bonds is 8. The van der Waals surface area contributed by atoms with Crippen molar-refractivity contribution in [2.24, 2.45) is 0 Å². The molecule has 2 rings (SSSR count). The Morgan fingerprint density at radius 3 is 2.12 bits per heavy atom. The summed E-state index contributed by atoms with van der Waals surface area (Å²) in [5, 5.41) is 2.90. The lowest BCUT2D eigenvalue weighted by Gasteiger charge is -2.21. The molecular weight excluding hydrogens is 312 g/mol. The SMILES string of the molecule is CCc1ccc(O[C@H](C)C(=O)Nc2ccc(N(CC)CC)cc2)cc1. The molecule has 2 aromatic carbocycles. The summed E-state index contributed by atoms with van der Waals surface area (Å²) in [5.74, 6) is 0.548. The van der Waals surface area contributed by atoms with Crippen molar-refractivity contribution in [3.8, 4) is 5.75 Å². The summed E-state index contributed by atoms with van der Waals surface area (Å²) in [7, 11) is 0. The molecule has 2 aromatic rings. The number of hydrogen-bond donors (Lipinski definition) is 1. The molecule has 0 bridgehead atoms. The van der Waals surface area contributed by atoms with E-state index >= 15 is 0 Å². The quantitative estimate of drug-likeness (QED) is 0.769. The Hall–Kier alpha value is -2.49. The van der Waals surface area contributed by atoms with Crippen LogP contribution in [0.25, 0.3) is 0 Å². The number of hydrogen-bond acceptors (Lipinski definition) is 3. The van der Waals surface area contributed by atoms with Crippen LogP contribution >= 0.6 is 0 Å². The van der Waals surface area contributed by atoms with Crippen LogP contribution < -0.4 is 15.0 Å². The van der Waals surface area contributed by atoms with Crippen LogP contribution in [0.2, 0.25) is 0 Å². The van der Waals surface area contributed by atoms with Crippen LogP contribution in [0.3, 0.4) is 0 Å². The summed E-state index contributed by atoms with van der Waals surface area (Å²) < 4.78 is 5.72. The van der Waals surface area contributed by atoms with Crippen LogP contribution in [0.15, 0.2) is 48.5 Å². The summed E-state index contributed by atoms with van der Waals surface area (Å²) in [4.78, 5) is 14.6. The molecule has 0 unspecified atom stereocenters. The highest BCUT2D eigenvalue weighted by atomic mass is 16.5. The molecular formula is C21H28N2O2. The number of nitrogens with one attached hydrogen (secondary N) is 1. The summed E-state index contributed by atoms with van der Waals surface area (Å²) >= 11 is 0. The minimum Gasteiger partial charge on any atom is -0.481 e. The van der Waals surface area contributed by atoms with E-state index in [-0.39, 0.29) is 5.91 Å². The first kappa shape index (κ1) is 18.8. The fourth-order valence-corrected chi connectivity index (χ4v) is 2.65. The van der Waals surface area contributed by atoms with Crippen molar-refractivity contribution in [2.45, 2.75) is 40.2 Å². The highest BCUT2D eigenvalue weighted by Crippen LogP contribution is 2.19. The Labute approximate surface area is 150 Å². The first-order valence-corrected chi connectivity index (χ1v) is 8.98. The minimum atomic E-state index is -0.560. The number of aryl methyl sites for hydroxylation is 1. The number of carbonyl (C=O) groups excluding carboxylic acids is 1. The van der Waals surface area contributed by atoms with Gasteiger partial charge in [0.05, 0.1) is 0 Å². The third-order valence-corrected chi connectivity index (χ3v) is 4.28. The maximum Gasteiger partial charge on any atom is 0.265 e. The molecule has 0 aliphatic rings. The maximum atomic E-state index is 12.3. The normalized spacial score (nSPS) is 11.7. The molecule has 4 heteroatoms. The second kappa shape index (κ2) is 9.11. The van der Waals surface area contributed by atoms with Gasteiger partial charge < -0.3 is 15.0 Å². The second-order valence-electron chi connectivity index (χ2n) is 5.97. The van der Waals surface area contributed by atoms with Gasteiger partial charge in [0.25, 0.3) is 5.91 Å². The average Bonchev–Trinajstić information content (AvgIpc) is 2.64. The molecule has 1 atom stereocenters. The van der Waals surface area contributed by atoms with Crippen molar-refractivity contribution < 1.29 is 9.53 Å². The second-order valence-corrected chi connectivity index (χ2v) is 5.97. The zero-order valence-corrected chi connectivity index (χ0v) is 15.6. The predicted octanol–water partition coefficient (Wildman–Crippen LogP) is 4.50. The number of benzene rings is 2. The van der Waals surface area contributed by atoms with E-state index in [1.807, 2.05) is 48.5 Å². The van der Waals surface area contributed by atoms with Gasteiger partial charge in [0.1, 0.15) is 5.75 Å². The number of carbonyl (C=O) groups is 1. The van der Waals surface area contributed by atoms with E-state index in [0.717, 1.165) is 30.9 Å². The first-order valence-electron chi connectivity index (χ1n) is 8.98. The summed E-state index contributed by atoms with van der Waals surface area (Å²) in [6, 6.07) is 15.7. The monoisotopic (exact) mass is 340 g/mol. The van der Waals surface area contributed by atoms with Crippen molar-refractivity contribution in [3.63, 3.8) is 0 Å². The molecule has 0 fully saturated rings. The lowest BCUT2D eigenvalue weighted by molar-refractivity contribution is -0.122. The predicted molar refractivity (Wildman–Crippen MR) is 105 cm³/mol. The van der Waals surface area contributed by atoms with Crippen LogP contribution in [0, 0.1) is 0 Å². The first-order chi connectivity index (χ1) is 12.1. The number of ether oxygens (including phenoxy) is 1. The molecule has 1 amide bonds. The Morgan fingerprint density at radius 1 is 1.00 bits per heavy atom. The molecule has 1 N–H and O–H groups in total. The number of amides is 1. The Bertz CT molecular complexity index is 661. The molecule has 0 aromatic heterocycles. The molecule has 0 heterocycles. The van der Waals surface area contributed by atoms with Gasteiger partial charge in [-0.3, -0.25) is 4.79 Å². The van der Waals surface area contributed by atoms with Gasteiger partial charge in [-0.2, -0.15) is 0 Å². The van der Waals surface area contributed by atoms with E-state index in [4.69, 9.17) is 4.74 Å². The highest BCUT2D eigenvalue weighted by Gasteiger charge is 2.15. The topological polar surface area (TPSA) is 41.6 Å². The van der Waals surface area contributed by atoms with Gasteiger partial charge in [0.2, 0.25) is 0 Å². The van der Waals surface area contributed by atoms with E-state index in [2.05, 4.69) is 31.0 Å². The van der Waals surface area contributed by atoms with Gasteiger partial charge in [-0.05, 0) is 69.2 Å². The maximum absolute atomic E-state index is 12.3. The average molecular weight is 340 g/mol. The minimum absolute atomic E-state index is 0.157. The zero-order valence-electron chi connectivity index (χ0n) is 15.6. The van der Waals surface area contributed by atoms with Crippen LogP contribution in [0.1, 0.15) is 33.3 Å². The summed E-state index contributed by atoms with van der Waals surface area (Å²) in [6.07, 6.45) is 0.426. The third-order valence-electron chi connectivity index (χ3n) is 4.28. The van der Waals surface area contributed by atoms with E-state index in [1.165, 1.54) is 5.56 Å². The molecule has 0 aliphatic carbocycles.